The van der Waals surface area contributed by atoms with Crippen molar-refractivity contribution in [3.05, 3.63) is 23.5 Å². The Kier molecular flexibility index (Phi) is 4.59. The van der Waals surface area contributed by atoms with Crippen molar-refractivity contribution in [3.63, 3.8) is 0 Å². The first-order valence-electron chi connectivity index (χ1n) is 7.43. The second-order valence-electron chi connectivity index (χ2n) is 5.62. The summed E-state index contributed by atoms with van der Waals surface area (Å²) in [7, 11) is 0. The number of carbonyl (C=O) groups excluding carboxylic acids is 2. The summed E-state index contributed by atoms with van der Waals surface area (Å²) in [6, 6.07) is 3.59. The first-order chi connectivity index (χ1) is 10.6. The van der Waals surface area contributed by atoms with Crippen molar-refractivity contribution >= 4 is 29.1 Å². The number of rotatable bonds is 3. The summed E-state index contributed by atoms with van der Waals surface area (Å²) >= 11 is 5.94. The molecule has 0 spiro atoms. The minimum Gasteiger partial charge on any atom is -0.381 e. The van der Waals surface area contributed by atoms with E-state index in [2.05, 4.69) is 10.3 Å². The molecule has 6 nitrogen and oxygen atoms in total. The van der Waals surface area contributed by atoms with E-state index in [9.17, 15) is 9.59 Å². The molecule has 0 bridgehead atoms. The van der Waals surface area contributed by atoms with Gasteiger partial charge in [0.1, 0.15) is 0 Å². The van der Waals surface area contributed by atoms with Gasteiger partial charge in [-0.25, -0.2) is 4.98 Å². The smallest absolute Gasteiger partial charge is 0.229 e. The molecule has 7 heteroatoms. The molecule has 1 N–H and O–H groups in total. The SMILES string of the molecule is O=C(Nc1cccnc1Cl)C1CC(=O)N(C2CCOCC2)C1. The number of anilines is 1. The summed E-state index contributed by atoms with van der Waals surface area (Å²) in [5, 5.41) is 3.01. The van der Waals surface area contributed by atoms with Gasteiger partial charge in [0.05, 0.1) is 11.6 Å². The van der Waals surface area contributed by atoms with Crippen molar-refractivity contribution in [1.29, 1.82) is 0 Å². The van der Waals surface area contributed by atoms with E-state index in [-0.39, 0.29) is 35.3 Å². The lowest BCUT2D eigenvalue weighted by Crippen LogP contribution is -2.41. The number of hydrogen-bond donors (Lipinski definition) is 1. The summed E-state index contributed by atoms with van der Waals surface area (Å²) < 4.78 is 5.32. The lowest BCUT2D eigenvalue weighted by molar-refractivity contribution is -0.131. The third kappa shape index (κ3) is 3.23. The topological polar surface area (TPSA) is 71.5 Å². The van der Waals surface area contributed by atoms with Crippen molar-refractivity contribution in [1.82, 2.24) is 9.88 Å². The van der Waals surface area contributed by atoms with Crippen LogP contribution in [-0.4, -0.2) is 47.5 Å². The van der Waals surface area contributed by atoms with Crippen LogP contribution >= 0.6 is 11.6 Å². The molecule has 1 aromatic heterocycles. The Morgan fingerprint density at radius 3 is 2.91 bits per heavy atom. The highest BCUT2D eigenvalue weighted by atomic mass is 35.5. The van der Waals surface area contributed by atoms with Gasteiger partial charge in [-0.15, -0.1) is 0 Å². The molecule has 22 heavy (non-hydrogen) atoms. The molecule has 2 aliphatic rings. The van der Waals surface area contributed by atoms with Gasteiger partial charge in [-0.05, 0) is 25.0 Å². The summed E-state index contributed by atoms with van der Waals surface area (Å²) in [4.78, 5) is 30.3. The van der Waals surface area contributed by atoms with E-state index in [1.807, 2.05) is 4.90 Å². The van der Waals surface area contributed by atoms with E-state index < -0.39 is 0 Å². The zero-order valence-corrected chi connectivity index (χ0v) is 12.9. The van der Waals surface area contributed by atoms with Crippen LogP contribution in [0, 0.1) is 5.92 Å². The minimum absolute atomic E-state index is 0.0457. The molecule has 3 heterocycles. The summed E-state index contributed by atoms with van der Waals surface area (Å²) in [6.45, 7) is 1.82. The second kappa shape index (κ2) is 6.62. The highest BCUT2D eigenvalue weighted by Crippen LogP contribution is 2.26. The molecule has 1 aromatic rings. The van der Waals surface area contributed by atoms with Gasteiger partial charge in [-0.1, -0.05) is 11.6 Å². The predicted octanol–water partition coefficient (Wildman–Crippen LogP) is 1.70. The van der Waals surface area contributed by atoms with Gasteiger partial charge in [0.15, 0.2) is 5.15 Å². The number of hydrogen-bond acceptors (Lipinski definition) is 4. The van der Waals surface area contributed by atoms with Crippen molar-refractivity contribution in [3.8, 4) is 0 Å². The number of amides is 2. The van der Waals surface area contributed by atoms with Crippen LogP contribution in [0.15, 0.2) is 18.3 Å². The van der Waals surface area contributed by atoms with Crippen molar-refractivity contribution in [2.45, 2.75) is 25.3 Å². The predicted molar refractivity (Wildman–Crippen MR) is 81.5 cm³/mol. The fraction of sp³-hybridized carbons (Fsp3) is 0.533. The van der Waals surface area contributed by atoms with E-state index >= 15 is 0 Å². The van der Waals surface area contributed by atoms with E-state index in [1.54, 1.807) is 18.3 Å². The molecule has 0 saturated carbocycles. The Labute approximate surface area is 133 Å². The maximum atomic E-state index is 12.3. The molecule has 2 aliphatic heterocycles. The summed E-state index contributed by atoms with van der Waals surface area (Å²) in [6.07, 6.45) is 3.49. The number of halogens is 1. The summed E-state index contributed by atoms with van der Waals surface area (Å²) in [5.74, 6) is -0.478. The number of ether oxygens (including phenoxy) is 1. The molecule has 2 amide bonds. The number of pyridine rings is 1. The molecule has 2 saturated heterocycles. The second-order valence-corrected chi connectivity index (χ2v) is 5.98. The van der Waals surface area contributed by atoms with Gasteiger partial charge < -0.3 is 15.0 Å². The number of aromatic nitrogens is 1. The average molecular weight is 324 g/mol. The minimum atomic E-state index is -0.341. The van der Waals surface area contributed by atoms with Crippen LogP contribution in [0.3, 0.4) is 0 Å². The number of nitrogens with one attached hydrogen (secondary N) is 1. The van der Waals surface area contributed by atoms with Gasteiger partial charge >= 0.3 is 0 Å². The van der Waals surface area contributed by atoms with Crippen LogP contribution in [0.2, 0.25) is 5.15 Å². The van der Waals surface area contributed by atoms with Crippen LogP contribution in [-0.2, 0) is 14.3 Å². The van der Waals surface area contributed by atoms with Gasteiger partial charge in [-0.2, -0.15) is 0 Å². The van der Waals surface area contributed by atoms with Crippen molar-refractivity contribution in [2.24, 2.45) is 5.92 Å². The van der Waals surface area contributed by atoms with Crippen molar-refractivity contribution in [2.75, 3.05) is 25.1 Å². The molecule has 1 unspecified atom stereocenters. The maximum absolute atomic E-state index is 12.3. The Balaban J connectivity index is 1.62. The van der Waals surface area contributed by atoms with Gasteiger partial charge in [0.2, 0.25) is 11.8 Å². The Morgan fingerprint density at radius 1 is 1.41 bits per heavy atom. The van der Waals surface area contributed by atoms with Crippen LogP contribution in [0.25, 0.3) is 0 Å². The standard InChI is InChI=1S/C15H18ClN3O3/c16-14-12(2-1-5-17-14)18-15(21)10-8-13(20)19(9-10)11-3-6-22-7-4-11/h1-2,5,10-11H,3-4,6-9H2,(H,18,21). The summed E-state index contributed by atoms with van der Waals surface area (Å²) in [5.41, 5.74) is 0.478. The maximum Gasteiger partial charge on any atom is 0.229 e. The normalized spacial score (nSPS) is 22.9. The van der Waals surface area contributed by atoms with Crippen LogP contribution in [0.1, 0.15) is 19.3 Å². The quantitative estimate of drug-likeness (QED) is 0.859. The molecular formula is C15H18ClN3O3. The first kappa shape index (κ1) is 15.2. The number of nitrogens with zero attached hydrogens (tertiary/aromatic N) is 2. The lowest BCUT2D eigenvalue weighted by Gasteiger charge is -2.31. The molecular weight excluding hydrogens is 306 g/mol. The third-order valence-corrected chi connectivity index (χ3v) is 4.48. The monoisotopic (exact) mass is 323 g/mol. The largest absolute Gasteiger partial charge is 0.381 e. The molecule has 118 valence electrons. The van der Waals surface area contributed by atoms with Gasteiger partial charge in [-0.3, -0.25) is 9.59 Å². The number of likely N-dealkylation sites (tertiary alicyclic amines) is 1. The molecule has 1 atom stereocenters. The molecule has 0 aliphatic carbocycles. The van der Waals surface area contributed by atoms with Crippen LogP contribution in [0.5, 0.6) is 0 Å². The van der Waals surface area contributed by atoms with Gasteiger partial charge in [0, 0.05) is 38.4 Å². The zero-order valence-electron chi connectivity index (χ0n) is 12.1. The van der Waals surface area contributed by atoms with Gasteiger partial charge in [0.25, 0.3) is 0 Å². The van der Waals surface area contributed by atoms with Crippen molar-refractivity contribution < 1.29 is 14.3 Å². The zero-order chi connectivity index (χ0) is 15.5. The molecule has 2 fully saturated rings. The molecule has 0 aromatic carbocycles. The average Bonchev–Trinajstić information content (AvgIpc) is 2.92. The fourth-order valence-electron chi connectivity index (χ4n) is 2.97. The molecule has 0 radical (unpaired) electrons. The fourth-order valence-corrected chi connectivity index (χ4v) is 3.14. The Morgan fingerprint density at radius 2 is 2.18 bits per heavy atom. The highest BCUT2D eigenvalue weighted by molar-refractivity contribution is 6.32. The van der Waals surface area contributed by atoms with E-state index in [4.69, 9.17) is 16.3 Å². The molecule has 3 rings (SSSR count). The lowest BCUT2D eigenvalue weighted by atomic mass is 10.1. The van der Waals surface area contributed by atoms with E-state index in [0.29, 0.717) is 25.4 Å². The van der Waals surface area contributed by atoms with Crippen LogP contribution < -0.4 is 5.32 Å². The third-order valence-electron chi connectivity index (χ3n) is 4.18. The number of carbonyl (C=O) groups is 2. The highest BCUT2D eigenvalue weighted by Gasteiger charge is 2.38. The Hall–Kier alpha value is -1.66. The first-order valence-corrected chi connectivity index (χ1v) is 7.81. The Bertz CT molecular complexity index is 575. The van der Waals surface area contributed by atoms with Crippen LogP contribution in [0.4, 0.5) is 5.69 Å². The van der Waals surface area contributed by atoms with E-state index in [1.165, 1.54) is 0 Å². The van der Waals surface area contributed by atoms with E-state index in [0.717, 1.165) is 12.8 Å².